The lowest BCUT2D eigenvalue weighted by atomic mass is 9.66. The Morgan fingerprint density at radius 2 is 0.455 bits per heavy atom. The highest BCUT2D eigenvalue weighted by Gasteiger charge is 2.52. The molecule has 4 heterocycles. The molecule has 2 aliphatic heterocycles. The van der Waals surface area contributed by atoms with Crippen LogP contribution in [0.25, 0.3) is 146 Å². The number of ether oxygens (including phenoxy) is 2. The van der Waals surface area contributed by atoms with Gasteiger partial charge in [0.2, 0.25) is 0 Å². The van der Waals surface area contributed by atoms with E-state index in [2.05, 4.69) is 346 Å². The molecule has 0 N–H and O–H groups in total. The van der Waals surface area contributed by atoms with Crippen LogP contribution in [0, 0.1) is 0 Å². The van der Waals surface area contributed by atoms with Crippen LogP contribution in [0.3, 0.4) is 0 Å². The predicted molar refractivity (Wildman–Crippen MR) is 440 cm³/mol. The molecule has 0 unspecified atom stereocenters. The van der Waals surface area contributed by atoms with E-state index in [9.17, 15) is 0 Å². The minimum absolute atomic E-state index is 0.526. The predicted octanol–water partition coefficient (Wildman–Crippen LogP) is 24.8. The van der Waals surface area contributed by atoms with Gasteiger partial charge in [-0.3, -0.25) is 0 Å². The Morgan fingerprint density at radius 1 is 0.155 bits per heavy atom. The van der Waals surface area contributed by atoms with E-state index in [0.717, 1.165) is 134 Å². The molecule has 0 amide bonds. The number of hydrogen-bond acceptors (Lipinski definition) is 8. The van der Waals surface area contributed by atoms with Crippen molar-refractivity contribution < 1.29 is 9.47 Å². The first-order chi connectivity index (χ1) is 54.5. The standard InChI is InChI=1S/C102H62N6O2/c1-2-22-67(23-3-1)95-103-96(105-97(104-95)69-50-43-65(44-51-69)73-55-57-89-93(61-73)109-91-39-18-16-37-87(91)101(89)83-33-12-8-28-78(83)79-29-9-13-34-84(79)101)68-48-41-64(42-49-68)72-25-20-26-75(59-72)77-27-6-7-32-82(77)100-107-98(106-99(108-100)76-54-47-63-21-4-5-24-71(63)60-76)70-52-45-66(46-53-70)74-56-58-90-94(62-74)110-92-40-19-17-38-88(92)102(90)85-35-14-10-30-80(85)81-31-11-15-36-86(81)102/h1-62H. The SMILES string of the molecule is c1ccc(-c2nc(-c3ccc(-c4cccc(-c5ccccc5-c5nc(-c6ccc(-c7ccc8c(c7)Oc7ccccc7C87c8ccccc8-c8ccccc87)cc6)nc(-c6ccc7ccccc7c6)n5)c4)cc3)nc(-c3ccc(-c4ccc5c(c4)Oc4ccccc4C54c5ccccc5-c5ccccc54)cc3)n2)cc1. The number of fused-ring (bicyclic) bond motifs is 19. The van der Waals surface area contributed by atoms with Gasteiger partial charge in [-0.1, -0.05) is 340 Å². The molecule has 2 spiro atoms. The molecule has 0 bridgehead atoms. The third-order valence-corrected chi connectivity index (χ3v) is 22.8. The molecule has 0 saturated carbocycles. The van der Waals surface area contributed by atoms with Crippen molar-refractivity contribution in [1.82, 2.24) is 29.9 Å². The van der Waals surface area contributed by atoms with Crippen molar-refractivity contribution in [1.29, 1.82) is 0 Å². The molecule has 8 heteroatoms. The topological polar surface area (TPSA) is 95.8 Å². The first-order valence-electron chi connectivity index (χ1n) is 37.3. The number of aromatic nitrogens is 6. The van der Waals surface area contributed by atoms with Gasteiger partial charge in [0.15, 0.2) is 34.9 Å². The quantitative estimate of drug-likeness (QED) is 0.134. The summed E-state index contributed by atoms with van der Waals surface area (Å²) in [4.78, 5) is 31.5. The fourth-order valence-corrected chi connectivity index (χ4v) is 17.7. The molecule has 2 aromatic heterocycles. The third-order valence-electron chi connectivity index (χ3n) is 22.8. The smallest absolute Gasteiger partial charge is 0.164 e. The van der Waals surface area contributed by atoms with Crippen LogP contribution in [-0.2, 0) is 10.8 Å². The summed E-state index contributed by atoms with van der Waals surface area (Å²) in [7, 11) is 0. The summed E-state index contributed by atoms with van der Waals surface area (Å²) in [6, 6.07) is 133. The van der Waals surface area contributed by atoms with Gasteiger partial charge in [0, 0.05) is 55.6 Å². The van der Waals surface area contributed by atoms with Gasteiger partial charge in [-0.25, -0.2) is 29.9 Å². The van der Waals surface area contributed by atoms with Crippen LogP contribution in [0.1, 0.15) is 44.5 Å². The fourth-order valence-electron chi connectivity index (χ4n) is 17.7. The van der Waals surface area contributed by atoms with E-state index in [1.54, 1.807) is 0 Å². The monoisotopic (exact) mass is 1400 g/mol. The lowest BCUT2D eigenvalue weighted by molar-refractivity contribution is 0.436. The number of hydrogen-bond donors (Lipinski definition) is 0. The zero-order valence-corrected chi connectivity index (χ0v) is 59.3. The molecule has 0 fully saturated rings. The Balaban J connectivity index is 0.573. The Bertz CT molecular complexity index is 6700. The Kier molecular flexibility index (Phi) is 14.3. The molecule has 2 aliphatic carbocycles. The number of nitrogens with zero attached hydrogens (tertiary/aromatic N) is 6. The van der Waals surface area contributed by atoms with Gasteiger partial charge in [-0.05, 0) is 136 Å². The highest BCUT2D eigenvalue weighted by Crippen LogP contribution is 2.64. The molecule has 16 aromatic carbocycles. The zero-order chi connectivity index (χ0) is 72.4. The summed E-state index contributed by atoms with van der Waals surface area (Å²) in [5.41, 5.74) is 27.1. The Labute approximate surface area is 635 Å². The van der Waals surface area contributed by atoms with Crippen molar-refractivity contribution in [3.8, 4) is 158 Å². The zero-order valence-electron chi connectivity index (χ0n) is 59.3. The van der Waals surface area contributed by atoms with E-state index in [-0.39, 0.29) is 0 Å². The van der Waals surface area contributed by atoms with Crippen LogP contribution in [0.2, 0.25) is 0 Å². The van der Waals surface area contributed by atoms with Crippen molar-refractivity contribution >= 4 is 10.8 Å². The van der Waals surface area contributed by atoms with Crippen molar-refractivity contribution in [3.05, 3.63) is 421 Å². The number of rotatable bonds is 10. The minimum Gasteiger partial charge on any atom is -0.457 e. The molecule has 110 heavy (non-hydrogen) atoms. The van der Waals surface area contributed by atoms with E-state index >= 15 is 0 Å². The highest BCUT2D eigenvalue weighted by atomic mass is 16.5. The molecule has 4 aliphatic rings. The average molecular weight is 1400 g/mol. The van der Waals surface area contributed by atoms with Gasteiger partial charge < -0.3 is 9.47 Å². The van der Waals surface area contributed by atoms with Crippen LogP contribution >= 0.6 is 0 Å². The van der Waals surface area contributed by atoms with Gasteiger partial charge in [-0.15, -0.1) is 0 Å². The lowest BCUT2D eigenvalue weighted by Gasteiger charge is -2.39. The van der Waals surface area contributed by atoms with E-state index in [4.69, 9.17) is 39.4 Å². The van der Waals surface area contributed by atoms with Crippen LogP contribution in [0.15, 0.2) is 376 Å². The molecular weight excluding hydrogens is 1340 g/mol. The molecule has 18 aromatic rings. The maximum absolute atomic E-state index is 6.91. The van der Waals surface area contributed by atoms with Crippen molar-refractivity contribution in [2.45, 2.75) is 10.8 Å². The molecule has 0 saturated heterocycles. The first-order valence-corrected chi connectivity index (χ1v) is 37.3. The second kappa shape index (κ2) is 25.0. The van der Waals surface area contributed by atoms with Crippen LogP contribution in [0.4, 0.5) is 0 Å². The lowest BCUT2D eigenvalue weighted by Crippen LogP contribution is -2.32. The molecule has 512 valence electrons. The number of benzene rings is 16. The van der Waals surface area contributed by atoms with Crippen molar-refractivity contribution in [2.24, 2.45) is 0 Å². The summed E-state index contributed by atoms with van der Waals surface area (Å²) in [5.74, 6) is 6.87. The minimum atomic E-state index is -0.535. The molecular formula is C102H62N6O2. The summed E-state index contributed by atoms with van der Waals surface area (Å²) in [5, 5.41) is 2.25. The molecule has 0 atom stereocenters. The summed E-state index contributed by atoms with van der Waals surface area (Å²) >= 11 is 0. The average Bonchev–Trinajstić information content (AvgIpc) is 1.46. The van der Waals surface area contributed by atoms with Gasteiger partial charge >= 0.3 is 0 Å². The highest BCUT2D eigenvalue weighted by molar-refractivity contribution is 5.93. The van der Waals surface area contributed by atoms with Gasteiger partial charge in [0.25, 0.3) is 0 Å². The van der Waals surface area contributed by atoms with Gasteiger partial charge in [0.05, 0.1) is 10.8 Å². The van der Waals surface area contributed by atoms with E-state index in [1.807, 2.05) is 30.3 Å². The largest absolute Gasteiger partial charge is 0.457 e. The van der Waals surface area contributed by atoms with Crippen molar-refractivity contribution in [3.63, 3.8) is 0 Å². The second-order valence-corrected chi connectivity index (χ2v) is 28.7. The Hall–Kier alpha value is -14.6. The summed E-state index contributed by atoms with van der Waals surface area (Å²) in [6.07, 6.45) is 0. The van der Waals surface area contributed by atoms with Crippen LogP contribution in [0.5, 0.6) is 23.0 Å². The van der Waals surface area contributed by atoms with E-state index < -0.39 is 10.8 Å². The van der Waals surface area contributed by atoms with Crippen LogP contribution in [-0.4, -0.2) is 29.9 Å². The summed E-state index contributed by atoms with van der Waals surface area (Å²) < 4.78 is 13.8. The maximum Gasteiger partial charge on any atom is 0.164 e. The third kappa shape index (κ3) is 9.86. The van der Waals surface area contributed by atoms with Crippen LogP contribution < -0.4 is 9.47 Å². The molecule has 22 rings (SSSR count). The maximum atomic E-state index is 6.91. The molecule has 8 nitrogen and oxygen atoms in total. The van der Waals surface area contributed by atoms with Gasteiger partial charge in [0.1, 0.15) is 23.0 Å². The normalized spacial score (nSPS) is 13.2. The van der Waals surface area contributed by atoms with E-state index in [1.165, 1.54) is 44.5 Å². The second-order valence-electron chi connectivity index (χ2n) is 28.7. The van der Waals surface area contributed by atoms with E-state index in [0.29, 0.717) is 34.9 Å². The molecule has 0 radical (unpaired) electrons. The fraction of sp³-hybridized carbons (Fsp3) is 0.0196. The van der Waals surface area contributed by atoms with Gasteiger partial charge in [-0.2, -0.15) is 0 Å². The number of para-hydroxylation sites is 2. The summed E-state index contributed by atoms with van der Waals surface area (Å²) in [6.45, 7) is 0. The van der Waals surface area contributed by atoms with Crippen molar-refractivity contribution in [2.75, 3.05) is 0 Å². The first kappa shape index (κ1) is 62.7. The Morgan fingerprint density at radius 3 is 0.918 bits per heavy atom.